The number of hydrogen-bond donors (Lipinski definition) is 1. The molecule has 20 heavy (non-hydrogen) atoms. The Morgan fingerprint density at radius 2 is 2.15 bits per heavy atom. The lowest BCUT2D eigenvalue weighted by atomic mass is 10.0. The molecule has 1 aromatic heterocycles. The first kappa shape index (κ1) is 15.5. The summed E-state index contributed by atoms with van der Waals surface area (Å²) in [7, 11) is 0. The van der Waals surface area contributed by atoms with Crippen molar-refractivity contribution in [2.75, 3.05) is 0 Å². The highest BCUT2D eigenvalue weighted by Gasteiger charge is 2.20. The van der Waals surface area contributed by atoms with Crippen molar-refractivity contribution in [1.29, 1.82) is 0 Å². The second kappa shape index (κ2) is 7.24. The Bertz CT molecular complexity index is 561. The van der Waals surface area contributed by atoms with E-state index in [0.717, 1.165) is 15.8 Å². The summed E-state index contributed by atoms with van der Waals surface area (Å²) in [6, 6.07) is 7.89. The molecule has 108 valence electrons. The van der Waals surface area contributed by atoms with Crippen LogP contribution in [-0.4, -0.2) is 10.1 Å². The lowest BCUT2D eigenvalue weighted by Crippen LogP contribution is -2.18. The average molecular weight is 356 g/mol. The summed E-state index contributed by atoms with van der Waals surface area (Å²) in [6.45, 7) is 4.19. The van der Waals surface area contributed by atoms with Gasteiger partial charge in [0.05, 0.1) is 11.8 Å². The van der Waals surface area contributed by atoms with E-state index >= 15 is 0 Å². The lowest BCUT2D eigenvalue weighted by molar-refractivity contribution is 0.311. The van der Waals surface area contributed by atoms with Crippen LogP contribution in [0.1, 0.15) is 38.0 Å². The zero-order valence-electron chi connectivity index (χ0n) is 11.5. The maximum atomic E-state index is 6.08. The van der Waals surface area contributed by atoms with Crippen LogP contribution in [0.25, 0.3) is 0 Å². The molecule has 2 aromatic rings. The van der Waals surface area contributed by atoms with Crippen LogP contribution >= 0.6 is 27.7 Å². The van der Waals surface area contributed by atoms with E-state index in [4.69, 9.17) is 10.3 Å². The number of benzene rings is 1. The minimum Gasteiger partial charge on any atom is -0.338 e. The highest BCUT2D eigenvalue weighted by molar-refractivity contribution is 9.10. The van der Waals surface area contributed by atoms with Gasteiger partial charge in [0.2, 0.25) is 5.89 Å². The number of halogens is 1. The predicted molar refractivity (Wildman–Crippen MR) is 84.4 cm³/mol. The molecule has 6 heteroatoms. The monoisotopic (exact) mass is 355 g/mol. The molecule has 0 aliphatic rings. The van der Waals surface area contributed by atoms with Gasteiger partial charge in [0, 0.05) is 9.37 Å². The van der Waals surface area contributed by atoms with Crippen LogP contribution in [0.15, 0.2) is 38.2 Å². The second-order valence-electron chi connectivity index (χ2n) is 4.68. The maximum Gasteiger partial charge on any atom is 0.243 e. The van der Waals surface area contributed by atoms with E-state index in [0.29, 0.717) is 23.4 Å². The summed E-state index contributed by atoms with van der Waals surface area (Å²) in [4.78, 5) is 5.54. The summed E-state index contributed by atoms with van der Waals surface area (Å²) < 4.78 is 6.33. The third-order valence-electron chi connectivity index (χ3n) is 3.22. The van der Waals surface area contributed by atoms with Gasteiger partial charge in [0.1, 0.15) is 0 Å². The molecule has 0 saturated heterocycles. The fourth-order valence-corrected chi connectivity index (χ4v) is 3.07. The van der Waals surface area contributed by atoms with E-state index < -0.39 is 0 Å². The summed E-state index contributed by atoms with van der Waals surface area (Å²) in [5.74, 6) is 2.21. The molecular formula is C14H18BrN3OS. The van der Waals surface area contributed by atoms with Crippen LogP contribution in [0.5, 0.6) is 0 Å². The van der Waals surface area contributed by atoms with Crippen LogP contribution in [0.4, 0.5) is 0 Å². The Balaban J connectivity index is 1.98. The average Bonchev–Trinajstić information content (AvgIpc) is 2.93. The first-order chi connectivity index (χ1) is 9.61. The molecular weight excluding hydrogens is 338 g/mol. The van der Waals surface area contributed by atoms with Gasteiger partial charge in [-0.2, -0.15) is 4.98 Å². The number of rotatable bonds is 6. The van der Waals surface area contributed by atoms with E-state index in [1.165, 1.54) is 0 Å². The fraction of sp³-hybridized carbons (Fsp3) is 0.429. The van der Waals surface area contributed by atoms with Gasteiger partial charge in [0.25, 0.3) is 0 Å². The summed E-state index contributed by atoms with van der Waals surface area (Å²) in [5.41, 5.74) is 6.08. The number of nitrogens with two attached hydrogens (primary N) is 1. The number of hydrogen-bond acceptors (Lipinski definition) is 5. The zero-order chi connectivity index (χ0) is 14.5. The summed E-state index contributed by atoms with van der Waals surface area (Å²) in [5, 5.41) is 4.00. The third-order valence-corrected chi connectivity index (χ3v) is 5.24. The largest absolute Gasteiger partial charge is 0.338 e. The molecule has 2 N–H and O–H groups in total. The molecule has 1 unspecified atom stereocenters. The number of aromatic nitrogens is 2. The van der Waals surface area contributed by atoms with Gasteiger partial charge in [-0.1, -0.05) is 37.6 Å². The topological polar surface area (TPSA) is 64.9 Å². The molecule has 2 rings (SSSR count). The van der Waals surface area contributed by atoms with Crippen molar-refractivity contribution in [2.45, 2.75) is 37.0 Å². The summed E-state index contributed by atoms with van der Waals surface area (Å²) >= 11 is 5.19. The predicted octanol–water partition coefficient (Wildman–Crippen LogP) is 4.17. The van der Waals surface area contributed by atoms with Crippen molar-refractivity contribution in [3.05, 3.63) is 40.5 Å². The Hall–Kier alpha value is -0.850. The smallest absolute Gasteiger partial charge is 0.243 e. The van der Waals surface area contributed by atoms with Crippen LogP contribution in [0, 0.1) is 5.92 Å². The molecule has 0 saturated carbocycles. The van der Waals surface area contributed by atoms with E-state index in [2.05, 4.69) is 46.0 Å². The van der Waals surface area contributed by atoms with E-state index in [9.17, 15) is 0 Å². The SMILES string of the molecule is CCC(C)[C@H](N)c1nc(CSc2ccccc2Br)no1. The molecule has 0 aliphatic heterocycles. The van der Waals surface area contributed by atoms with Crippen LogP contribution in [0.2, 0.25) is 0 Å². The minimum absolute atomic E-state index is 0.185. The second-order valence-corrected chi connectivity index (χ2v) is 6.55. The van der Waals surface area contributed by atoms with Crippen molar-refractivity contribution in [3.63, 3.8) is 0 Å². The van der Waals surface area contributed by atoms with Gasteiger partial charge < -0.3 is 10.3 Å². The quantitative estimate of drug-likeness (QED) is 0.787. The normalized spacial score (nSPS) is 14.2. The molecule has 0 spiro atoms. The van der Waals surface area contributed by atoms with E-state index in [1.807, 2.05) is 18.2 Å². The maximum absolute atomic E-state index is 6.08. The minimum atomic E-state index is -0.185. The summed E-state index contributed by atoms with van der Waals surface area (Å²) in [6.07, 6.45) is 0.991. The Labute approximate surface area is 131 Å². The van der Waals surface area contributed by atoms with Crippen LogP contribution < -0.4 is 5.73 Å². The number of nitrogens with zero attached hydrogens (tertiary/aromatic N) is 2. The fourth-order valence-electron chi connectivity index (χ4n) is 1.66. The Morgan fingerprint density at radius 3 is 2.85 bits per heavy atom. The third kappa shape index (κ3) is 3.84. The first-order valence-corrected chi connectivity index (χ1v) is 8.35. The number of thioether (sulfide) groups is 1. The van der Waals surface area contributed by atoms with E-state index in [-0.39, 0.29) is 6.04 Å². The molecule has 1 heterocycles. The van der Waals surface area contributed by atoms with Crippen molar-refractivity contribution in [1.82, 2.24) is 10.1 Å². The van der Waals surface area contributed by atoms with Gasteiger partial charge >= 0.3 is 0 Å². The standard InChI is InChI=1S/C14H18BrN3OS/c1-3-9(2)13(16)14-17-12(18-19-14)8-20-11-7-5-4-6-10(11)15/h4-7,9,13H,3,8,16H2,1-2H3/t9?,13-/m0/s1. The first-order valence-electron chi connectivity index (χ1n) is 6.57. The van der Waals surface area contributed by atoms with Crippen molar-refractivity contribution < 1.29 is 4.52 Å². The Morgan fingerprint density at radius 1 is 1.40 bits per heavy atom. The molecule has 0 radical (unpaired) electrons. The molecule has 0 amide bonds. The lowest BCUT2D eigenvalue weighted by Gasteiger charge is -2.12. The Kier molecular flexibility index (Phi) is 5.63. The van der Waals surface area contributed by atoms with E-state index in [1.54, 1.807) is 11.8 Å². The molecule has 0 bridgehead atoms. The van der Waals surface area contributed by atoms with Gasteiger partial charge in [-0.05, 0) is 34.0 Å². The zero-order valence-corrected chi connectivity index (χ0v) is 13.9. The van der Waals surface area contributed by atoms with Crippen molar-refractivity contribution >= 4 is 27.7 Å². The molecule has 1 aromatic carbocycles. The molecule has 0 fully saturated rings. The molecule has 2 atom stereocenters. The van der Waals surface area contributed by atoms with Gasteiger partial charge in [-0.3, -0.25) is 0 Å². The van der Waals surface area contributed by atoms with Gasteiger partial charge in [-0.15, -0.1) is 11.8 Å². The van der Waals surface area contributed by atoms with Crippen molar-refractivity contribution in [3.8, 4) is 0 Å². The van der Waals surface area contributed by atoms with Gasteiger partial charge in [0.15, 0.2) is 5.82 Å². The highest BCUT2D eigenvalue weighted by atomic mass is 79.9. The van der Waals surface area contributed by atoms with Crippen molar-refractivity contribution in [2.24, 2.45) is 11.7 Å². The van der Waals surface area contributed by atoms with Gasteiger partial charge in [-0.25, -0.2) is 0 Å². The van der Waals surface area contributed by atoms with Crippen LogP contribution in [0.3, 0.4) is 0 Å². The van der Waals surface area contributed by atoms with Crippen LogP contribution in [-0.2, 0) is 5.75 Å². The highest BCUT2D eigenvalue weighted by Crippen LogP contribution is 2.29. The molecule has 4 nitrogen and oxygen atoms in total. The molecule has 0 aliphatic carbocycles.